The molecule has 0 bridgehead atoms. The molecule has 1 saturated carbocycles. The van der Waals surface area contributed by atoms with E-state index in [1.165, 1.54) is 17.2 Å². The maximum Gasteiger partial charge on any atom is 0.414 e. The minimum absolute atomic E-state index is 0.217. The van der Waals surface area contributed by atoms with Gasteiger partial charge in [0.2, 0.25) is 0 Å². The van der Waals surface area contributed by atoms with E-state index < -0.39 is 6.09 Å². The van der Waals surface area contributed by atoms with Gasteiger partial charge in [0.25, 0.3) is 0 Å². The quantitative estimate of drug-likeness (QED) is 0.746. The second-order valence-electron chi connectivity index (χ2n) is 7.12. The molecular weight excluding hydrogens is 323 g/mol. The van der Waals surface area contributed by atoms with Crippen molar-refractivity contribution in [1.82, 2.24) is 15.1 Å². The molecule has 2 heterocycles. The molecule has 2 N–H and O–H groups in total. The van der Waals surface area contributed by atoms with Crippen LogP contribution in [0.5, 0.6) is 0 Å². The first-order valence-electron chi connectivity index (χ1n) is 8.77. The summed E-state index contributed by atoms with van der Waals surface area (Å²) < 4.78 is 20.1. The average Bonchev–Trinajstić information content (AvgIpc) is 2.92. The summed E-state index contributed by atoms with van der Waals surface area (Å²) in [7, 11) is 1.81. The highest BCUT2D eigenvalue weighted by Gasteiger charge is 2.55. The Kier molecular flexibility index (Phi) is 4.11. The fraction of sp³-hybridized carbons (Fsp3) is 0.556. The Balaban J connectivity index is 1.49. The third kappa shape index (κ3) is 2.86. The Morgan fingerprint density at radius 1 is 1.40 bits per heavy atom. The predicted molar refractivity (Wildman–Crippen MR) is 91.7 cm³/mol. The molecule has 7 heteroatoms. The number of allylic oxidation sites excluding steroid dienone is 4. The topological polar surface area (TPSA) is 68.7 Å². The normalized spacial score (nSPS) is 34.0. The zero-order valence-corrected chi connectivity index (χ0v) is 14.2. The van der Waals surface area contributed by atoms with E-state index in [2.05, 4.69) is 10.2 Å². The van der Waals surface area contributed by atoms with Crippen LogP contribution in [-0.4, -0.2) is 61.4 Å². The first-order chi connectivity index (χ1) is 12.1. The Morgan fingerprint density at radius 2 is 2.16 bits per heavy atom. The lowest BCUT2D eigenvalue weighted by Crippen LogP contribution is -2.28. The van der Waals surface area contributed by atoms with Crippen LogP contribution in [0.4, 0.5) is 9.18 Å². The van der Waals surface area contributed by atoms with Crippen LogP contribution in [0.1, 0.15) is 6.42 Å². The van der Waals surface area contributed by atoms with Gasteiger partial charge in [-0.25, -0.2) is 9.18 Å². The highest BCUT2D eigenvalue weighted by molar-refractivity contribution is 5.73. The second-order valence-corrected chi connectivity index (χ2v) is 7.12. The molecular formula is C18H23FN4O2. The number of ether oxygens (including phenoxy) is 1. The SMILES string of the molecule is CNCC1CN(C2=CC(F)=C(N3C[C@@H]4C(C=N)[C@@H]4C3)CC=C2)C(=O)O1. The van der Waals surface area contributed by atoms with Gasteiger partial charge in [-0.05, 0) is 37.3 Å². The van der Waals surface area contributed by atoms with Crippen LogP contribution in [-0.2, 0) is 4.74 Å². The number of hydrogen-bond donors (Lipinski definition) is 2. The van der Waals surface area contributed by atoms with Gasteiger partial charge in [-0.3, -0.25) is 4.90 Å². The van der Waals surface area contributed by atoms with Gasteiger partial charge in [-0.1, -0.05) is 6.08 Å². The van der Waals surface area contributed by atoms with Crippen molar-refractivity contribution in [2.45, 2.75) is 12.5 Å². The van der Waals surface area contributed by atoms with E-state index in [0.29, 0.717) is 48.7 Å². The van der Waals surface area contributed by atoms with E-state index in [1.807, 2.05) is 6.08 Å². The molecule has 0 aromatic carbocycles. The van der Waals surface area contributed by atoms with Gasteiger partial charge in [-0.2, -0.15) is 0 Å². The Hall–Kier alpha value is -2.15. The maximum atomic E-state index is 14.8. The molecule has 0 radical (unpaired) electrons. The van der Waals surface area contributed by atoms with Crippen molar-refractivity contribution in [2.24, 2.45) is 17.8 Å². The van der Waals surface area contributed by atoms with Gasteiger partial charge in [0, 0.05) is 37.7 Å². The number of piperidine rings is 1. The summed E-state index contributed by atoms with van der Waals surface area (Å²) in [4.78, 5) is 15.7. The fourth-order valence-electron chi connectivity index (χ4n) is 4.20. The summed E-state index contributed by atoms with van der Waals surface area (Å²) in [5, 5.41) is 10.4. The molecule has 6 nitrogen and oxygen atoms in total. The number of rotatable bonds is 5. The number of fused-ring (bicyclic) bond motifs is 1. The maximum absolute atomic E-state index is 14.8. The number of likely N-dealkylation sites (tertiary alicyclic amines) is 1. The van der Waals surface area contributed by atoms with Crippen molar-refractivity contribution in [3.05, 3.63) is 35.4 Å². The Labute approximate surface area is 146 Å². The van der Waals surface area contributed by atoms with Crippen LogP contribution >= 0.6 is 0 Å². The molecule has 4 aliphatic rings. The molecule has 2 saturated heterocycles. The molecule has 0 aromatic heterocycles. The highest BCUT2D eigenvalue weighted by Crippen LogP contribution is 2.51. The lowest BCUT2D eigenvalue weighted by atomic mass is 10.2. The van der Waals surface area contributed by atoms with Crippen LogP contribution in [0.15, 0.2) is 35.4 Å². The molecule has 25 heavy (non-hydrogen) atoms. The Morgan fingerprint density at radius 3 is 2.84 bits per heavy atom. The molecule has 0 spiro atoms. The molecule has 2 aliphatic carbocycles. The number of halogens is 1. The van der Waals surface area contributed by atoms with Gasteiger partial charge >= 0.3 is 6.09 Å². The average molecular weight is 346 g/mol. The molecule has 3 fully saturated rings. The summed E-state index contributed by atoms with van der Waals surface area (Å²) >= 11 is 0. The molecule has 2 aliphatic heterocycles. The smallest absolute Gasteiger partial charge is 0.414 e. The number of carbonyl (C=O) groups excluding carboxylic acids is 1. The minimum atomic E-state index is -0.427. The minimum Gasteiger partial charge on any atom is -0.443 e. The van der Waals surface area contributed by atoms with Crippen LogP contribution in [0.3, 0.4) is 0 Å². The zero-order valence-electron chi connectivity index (χ0n) is 14.2. The summed E-state index contributed by atoms with van der Waals surface area (Å²) in [6.45, 7) is 2.64. The summed E-state index contributed by atoms with van der Waals surface area (Å²) in [6.07, 6.45) is 6.55. The lowest BCUT2D eigenvalue weighted by Gasteiger charge is -2.23. The number of cyclic esters (lactones) is 1. The first-order valence-corrected chi connectivity index (χ1v) is 8.77. The highest BCUT2D eigenvalue weighted by atomic mass is 19.1. The zero-order chi connectivity index (χ0) is 17.6. The van der Waals surface area contributed by atoms with Crippen LogP contribution in [0.2, 0.25) is 0 Å². The van der Waals surface area contributed by atoms with Crippen molar-refractivity contribution < 1.29 is 13.9 Å². The van der Waals surface area contributed by atoms with Gasteiger partial charge in [-0.15, -0.1) is 0 Å². The van der Waals surface area contributed by atoms with Crippen LogP contribution in [0, 0.1) is 23.2 Å². The van der Waals surface area contributed by atoms with Crippen molar-refractivity contribution in [1.29, 1.82) is 5.41 Å². The predicted octanol–water partition coefficient (Wildman–Crippen LogP) is 1.88. The van der Waals surface area contributed by atoms with Crippen molar-refractivity contribution in [3.8, 4) is 0 Å². The molecule has 4 atom stereocenters. The van der Waals surface area contributed by atoms with Gasteiger partial charge < -0.3 is 20.4 Å². The van der Waals surface area contributed by atoms with Crippen LogP contribution < -0.4 is 5.32 Å². The van der Waals surface area contributed by atoms with Gasteiger partial charge in [0.05, 0.1) is 12.2 Å². The number of amides is 1. The number of likely N-dealkylation sites (N-methyl/N-ethyl adjacent to an activating group) is 1. The van der Waals surface area contributed by atoms with Gasteiger partial charge in [0.1, 0.15) is 11.9 Å². The van der Waals surface area contributed by atoms with Crippen LogP contribution in [0.25, 0.3) is 0 Å². The standard InChI is InChI=1S/C18H23FN4O2/c1-21-7-12-8-23(18(24)25-12)11-3-2-4-17(16(19)5-11)22-9-14-13(6-20)15(14)10-22/h2-3,5-6,12-15,20-21H,4,7-10H2,1H3/t12?,13?,14-,15+. The lowest BCUT2D eigenvalue weighted by molar-refractivity contribution is 0.135. The van der Waals surface area contributed by atoms with E-state index in [-0.39, 0.29) is 11.9 Å². The monoisotopic (exact) mass is 346 g/mol. The van der Waals surface area contributed by atoms with E-state index in [1.54, 1.807) is 13.1 Å². The van der Waals surface area contributed by atoms with Crippen molar-refractivity contribution >= 4 is 12.3 Å². The molecule has 134 valence electrons. The van der Waals surface area contributed by atoms with E-state index >= 15 is 0 Å². The van der Waals surface area contributed by atoms with Crippen molar-refractivity contribution in [2.75, 3.05) is 33.2 Å². The van der Waals surface area contributed by atoms with Gasteiger partial charge in [0.15, 0.2) is 0 Å². The number of nitrogens with one attached hydrogen (secondary N) is 2. The summed E-state index contributed by atoms with van der Waals surface area (Å²) in [5.74, 6) is 1.11. The second kappa shape index (κ2) is 6.29. The van der Waals surface area contributed by atoms with Crippen molar-refractivity contribution in [3.63, 3.8) is 0 Å². The molecule has 4 rings (SSSR count). The molecule has 1 amide bonds. The van der Waals surface area contributed by atoms with E-state index in [0.717, 1.165) is 13.1 Å². The largest absolute Gasteiger partial charge is 0.443 e. The third-order valence-corrected chi connectivity index (χ3v) is 5.60. The number of nitrogens with zero attached hydrogens (tertiary/aromatic N) is 2. The van der Waals surface area contributed by atoms with E-state index in [9.17, 15) is 9.18 Å². The number of hydrogen-bond acceptors (Lipinski definition) is 5. The summed E-state index contributed by atoms with van der Waals surface area (Å²) in [5.41, 5.74) is 1.22. The molecule has 0 aromatic rings. The molecule has 2 unspecified atom stereocenters. The number of carbonyl (C=O) groups is 1. The fourth-order valence-corrected chi connectivity index (χ4v) is 4.20. The first kappa shape index (κ1) is 16.3. The summed E-state index contributed by atoms with van der Waals surface area (Å²) in [6, 6.07) is 0. The Bertz CT molecular complexity index is 675. The van der Waals surface area contributed by atoms with E-state index in [4.69, 9.17) is 10.1 Å². The third-order valence-electron chi connectivity index (χ3n) is 5.60.